The molecule has 1 nitrogen and oxygen atoms in total. The Bertz CT molecular complexity index is 151. The van der Waals surface area contributed by atoms with Crippen LogP contribution in [-0.2, 0) is 0 Å². The topological polar surface area (TPSA) is 12.0 Å². The number of hydrogen-bond donors (Lipinski definition) is 1. The van der Waals surface area contributed by atoms with Gasteiger partial charge in [0.2, 0.25) is 0 Å². The average Bonchev–Trinajstić information content (AvgIpc) is 2.27. The minimum absolute atomic E-state index is 1.01. The third-order valence-corrected chi connectivity index (χ3v) is 4.34. The van der Waals surface area contributed by atoms with E-state index < -0.39 is 0 Å². The van der Waals surface area contributed by atoms with E-state index in [2.05, 4.69) is 19.2 Å². The molecule has 0 saturated carbocycles. The molecule has 0 bridgehead atoms. The summed E-state index contributed by atoms with van der Waals surface area (Å²) in [5.74, 6) is 2.04. The lowest BCUT2D eigenvalue weighted by Crippen LogP contribution is -2.46. The standard InChI is InChI=1S/C16H33N/c1-3-5-7-9-11-15(16-13-17-14-16)12-10-8-6-4-2/h15-17H,3-14H2,1-2H3. The first-order valence-electron chi connectivity index (χ1n) is 8.09. The molecule has 0 spiro atoms. The van der Waals surface area contributed by atoms with Gasteiger partial charge in [0.1, 0.15) is 0 Å². The Balaban J connectivity index is 2.09. The molecule has 1 aliphatic rings. The van der Waals surface area contributed by atoms with Crippen LogP contribution >= 0.6 is 0 Å². The van der Waals surface area contributed by atoms with Crippen LogP contribution in [0.4, 0.5) is 0 Å². The monoisotopic (exact) mass is 239 g/mol. The summed E-state index contributed by atoms with van der Waals surface area (Å²) in [5, 5.41) is 3.44. The molecule has 0 aliphatic carbocycles. The van der Waals surface area contributed by atoms with Crippen molar-refractivity contribution >= 4 is 0 Å². The molecule has 0 aromatic rings. The normalized spacial score (nSPS) is 16.4. The summed E-state index contributed by atoms with van der Waals surface area (Å²) in [6, 6.07) is 0. The first kappa shape index (κ1) is 15.0. The van der Waals surface area contributed by atoms with Crippen molar-refractivity contribution in [3.05, 3.63) is 0 Å². The van der Waals surface area contributed by atoms with Crippen molar-refractivity contribution in [3.8, 4) is 0 Å². The van der Waals surface area contributed by atoms with E-state index in [1.54, 1.807) is 0 Å². The van der Waals surface area contributed by atoms with Gasteiger partial charge in [-0.05, 0) is 24.9 Å². The van der Waals surface area contributed by atoms with E-state index in [4.69, 9.17) is 0 Å². The minimum atomic E-state index is 1.01. The Kier molecular flexibility index (Phi) is 8.78. The van der Waals surface area contributed by atoms with Gasteiger partial charge < -0.3 is 5.32 Å². The van der Waals surface area contributed by atoms with E-state index in [-0.39, 0.29) is 0 Å². The second-order valence-corrected chi connectivity index (χ2v) is 5.88. The van der Waals surface area contributed by atoms with Crippen LogP contribution in [0.2, 0.25) is 0 Å². The Morgan fingerprint density at radius 3 is 1.71 bits per heavy atom. The first-order valence-corrected chi connectivity index (χ1v) is 8.09. The second-order valence-electron chi connectivity index (χ2n) is 5.88. The largest absolute Gasteiger partial charge is 0.316 e. The summed E-state index contributed by atoms with van der Waals surface area (Å²) in [6.45, 7) is 7.20. The van der Waals surface area contributed by atoms with Gasteiger partial charge in [-0.2, -0.15) is 0 Å². The van der Waals surface area contributed by atoms with E-state index in [9.17, 15) is 0 Å². The Labute approximate surface area is 109 Å². The van der Waals surface area contributed by atoms with Crippen molar-refractivity contribution in [2.75, 3.05) is 13.1 Å². The van der Waals surface area contributed by atoms with Gasteiger partial charge in [0.15, 0.2) is 0 Å². The van der Waals surface area contributed by atoms with Crippen molar-refractivity contribution in [3.63, 3.8) is 0 Å². The van der Waals surface area contributed by atoms with Crippen LogP contribution in [0.1, 0.15) is 78.1 Å². The molecule has 0 amide bonds. The SMILES string of the molecule is CCCCCCC(CCCCCC)C1CNC1. The zero-order valence-electron chi connectivity index (χ0n) is 12.1. The number of nitrogens with one attached hydrogen (secondary N) is 1. The molecule has 0 unspecified atom stereocenters. The van der Waals surface area contributed by atoms with Crippen LogP contribution in [0.3, 0.4) is 0 Å². The highest BCUT2D eigenvalue weighted by atomic mass is 14.9. The summed E-state index contributed by atoms with van der Waals surface area (Å²) in [7, 11) is 0. The molecule has 1 rings (SSSR count). The van der Waals surface area contributed by atoms with E-state index in [1.165, 1.54) is 77.3 Å². The number of hydrogen-bond acceptors (Lipinski definition) is 1. The van der Waals surface area contributed by atoms with Crippen LogP contribution in [0, 0.1) is 11.8 Å². The van der Waals surface area contributed by atoms with Crippen LogP contribution < -0.4 is 5.32 Å². The lowest BCUT2D eigenvalue weighted by Gasteiger charge is -2.35. The fourth-order valence-electron chi connectivity index (χ4n) is 2.93. The molecule has 0 aromatic heterocycles. The molecule has 1 fully saturated rings. The van der Waals surface area contributed by atoms with Crippen LogP contribution in [0.15, 0.2) is 0 Å². The maximum Gasteiger partial charge on any atom is -0.000559 e. The highest BCUT2D eigenvalue weighted by Gasteiger charge is 2.25. The maximum atomic E-state index is 3.44. The Hall–Kier alpha value is -0.0400. The van der Waals surface area contributed by atoms with Crippen molar-refractivity contribution < 1.29 is 0 Å². The van der Waals surface area contributed by atoms with Crippen LogP contribution in [-0.4, -0.2) is 13.1 Å². The van der Waals surface area contributed by atoms with Crippen LogP contribution in [0.5, 0.6) is 0 Å². The van der Waals surface area contributed by atoms with E-state index in [0.717, 1.165) is 11.8 Å². The third kappa shape index (κ3) is 6.45. The number of unbranched alkanes of at least 4 members (excludes halogenated alkanes) is 6. The molecule has 1 N–H and O–H groups in total. The van der Waals surface area contributed by atoms with Crippen molar-refractivity contribution in [1.29, 1.82) is 0 Å². The predicted octanol–water partition coefficient (Wildman–Crippen LogP) is 4.76. The molecular weight excluding hydrogens is 206 g/mol. The summed E-state index contributed by atoms with van der Waals surface area (Å²) in [4.78, 5) is 0. The van der Waals surface area contributed by atoms with Gasteiger partial charge in [0, 0.05) is 0 Å². The lowest BCUT2D eigenvalue weighted by molar-refractivity contribution is 0.202. The fourth-order valence-corrected chi connectivity index (χ4v) is 2.93. The van der Waals surface area contributed by atoms with Crippen molar-refractivity contribution in [2.45, 2.75) is 78.1 Å². The summed E-state index contributed by atoms with van der Waals surface area (Å²) >= 11 is 0. The molecule has 1 heterocycles. The zero-order valence-corrected chi connectivity index (χ0v) is 12.1. The molecular formula is C16H33N. The summed E-state index contributed by atoms with van der Waals surface area (Å²) < 4.78 is 0. The van der Waals surface area contributed by atoms with Gasteiger partial charge in [0.05, 0.1) is 0 Å². The summed E-state index contributed by atoms with van der Waals surface area (Å²) in [6.07, 6.45) is 14.5. The third-order valence-electron chi connectivity index (χ3n) is 4.34. The minimum Gasteiger partial charge on any atom is -0.316 e. The van der Waals surface area contributed by atoms with Crippen molar-refractivity contribution in [2.24, 2.45) is 11.8 Å². The van der Waals surface area contributed by atoms with E-state index >= 15 is 0 Å². The van der Waals surface area contributed by atoms with Gasteiger partial charge in [-0.3, -0.25) is 0 Å². The van der Waals surface area contributed by atoms with Gasteiger partial charge in [-0.25, -0.2) is 0 Å². The summed E-state index contributed by atoms with van der Waals surface area (Å²) in [5.41, 5.74) is 0. The zero-order chi connectivity index (χ0) is 12.3. The molecule has 1 saturated heterocycles. The molecule has 102 valence electrons. The van der Waals surface area contributed by atoms with E-state index in [0.29, 0.717) is 0 Å². The first-order chi connectivity index (χ1) is 8.38. The van der Waals surface area contributed by atoms with Crippen molar-refractivity contribution in [1.82, 2.24) is 5.32 Å². The lowest BCUT2D eigenvalue weighted by atomic mass is 9.80. The highest BCUT2D eigenvalue weighted by Crippen LogP contribution is 2.28. The molecule has 1 aliphatic heterocycles. The molecule has 0 radical (unpaired) electrons. The quantitative estimate of drug-likeness (QED) is 0.512. The van der Waals surface area contributed by atoms with Gasteiger partial charge >= 0.3 is 0 Å². The Morgan fingerprint density at radius 1 is 0.824 bits per heavy atom. The smallest absolute Gasteiger partial charge is 0.000559 e. The molecule has 17 heavy (non-hydrogen) atoms. The Morgan fingerprint density at radius 2 is 1.35 bits per heavy atom. The van der Waals surface area contributed by atoms with E-state index in [1.807, 2.05) is 0 Å². The predicted molar refractivity (Wildman–Crippen MR) is 77.4 cm³/mol. The van der Waals surface area contributed by atoms with Gasteiger partial charge in [-0.15, -0.1) is 0 Å². The average molecular weight is 239 g/mol. The molecule has 0 aromatic carbocycles. The van der Waals surface area contributed by atoms with Gasteiger partial charge in [-0.1, -0.05) is 78.1 Å². The molecule has 1 heteroatoms. The maximum absolute atomic E-state index is 3.44. The second kappa shape index (κ2) is 9.94. The molecule has 0 atom stereocenters. The highest BCUT2D eigenvalue weighted by molar-refractivity contribution is 4.81. The fraction of sp³-hybridized carbons (Fsp3) is 1.00. The van der Waals surface area contributed by atoms with Crippen LogP contribution in [0.25, 0.3) is 0 Å². The van der Waals surface area contributed by atoms with Gasteiger partial charge in [0.25, 0.3) is 0 Å². The number of rotatable bonds is 11.